The van der Waals surface area contributed by atoms with E-state index < -0.39 is 62.8 Å². The molecule has 0 bridgehead atoms. The van der Waals surface area contributed by atoms with Gasteiger partial charge in [0.05, 0.1) is 26.7 Å². The second-order valence-corrected chi connectivity index (χ2v) is 21.9. The molecule has 2 aromatic rings. The second kappa shape index (κ2) is 20.1. The highest BCUT2D eigenvalue weighted by Gasteiger charge is 2.45. The molecule has 2 aliphatic rings. The first-order chi connectivity index (χ1) is 28.3. The maximum absolute atomic E-state index is 12.3. The number of benzene rings is 2. The number of nitrogens with two attached hydrogens (primary N) is 1. The van der Waals surface area contributed by atoms with Crippen LogP contribution in [0.3, 0.4) is 0 Å². The second-order valence-electron chi connectivity index (χ2n) is 15.9. The summed E-state index contributed by atoms with van der Waals surface area (Å²) >= 11 is 0. The summed E-state index contributed by atoms with van der Waals surface area (Å²) < 4.78 is 135. The Bertz CT molecular complexity index is 2530. The van der Waals surface area contributed by atoms with Gasteiger partial charge >= 0.3 is 0 Å². The molecule has 0 spiro atoms. The Morgan fingerprint density at radius 3 is 2.00 bits per heavy atom. The summed E-state index contributed by atoms with van der Waals surface area (Å²) in [6.07, 6.45) is 12.7. The van der Waals surface area contributed by atoms with Crippen LogP contribution >= 0.6 is 0 Å². The summed E-state index contributed by atoms with van der Waals surface area (Å²) in [5.41, 5.74) is 7.65. The van der Waals surface area contributed by atoms with Crippen molar-refractivity contribution in [1.82, 2.24) is 5.32 Å². The lowest BCUT2D eigenvalue weighted by Crippen LogP contribution is -2.29. The van der Waals surface area contributed by atoms with Gasteiger partial charge in [-0.05, 0) is 101 Å². The number of fused-ring (bicyclic) bond motifs is 2. The van der Waals surface area contributed by atoms with Gasteiger partial charge in [-0.15, -0.1) is 0 Å². The predicted octanol–water partition coefficient (Wildman–Crippen LogP) is 4.69. The van der Waals surface area contributed by atoms with E-state index in [2.05, 4.69) is 5.32 Å². The Kier molecular flexibility index (Phi) is 16.5. The van der Waals surface area contributed by atoms with Crippen molar-refractivity contribution < 1.29 is 61.3 Å². The summed E-state index contributed by atoms with van der Waals surface area (Å²) in [6.45, 7) is 7.20. The molecule has 17 nitrogen and oxygen atoms in total. The SMILES string of the molecule is CC1(C)C(/C=C/C=C/C=C2/N(CCCCCC(=O)NCCCN)c3ccc(S(=O)(=O)O)cc3C2(C)CCCCS(=O)(=O)O)=[N+](CCCS(=O)(=O)O)c2ccc(S(=O)(=O)O)cc21. The first-order valence-corrected chi connectivity index (χ1v) is 26.0. The van der Waals surface area contributed by atoms with E-state index in [9.17, 15) is 56.7 Å². The number of rotatable bonds is 23. The van der Waals surface area contributed by atoms with Crippen molar-refractivity contribution >= 4 is 63.5 Å². The monoisotopic (exact) mass is 929 g/mol. The van der Waals surface area contributed by atoms with Crippen LogP contribution in [0.4, 0.5) is 11.4 Å². The lowest BCUT2D eigenvalue weighted by atomic mass is 9.77. The minimum absolute atomic E-state index is 0.0498. The molecular weight excluding hydrogens is 873 g/mol. The number of carbonyl (C=O) groups is 1. The van der Waals surface area contributed by atoms with Crippen LogP contribution < -0.4 is 16.0 Å². The largest absolute Gasteiger partial charge is 0.356 e. The third-order valence-electron chi connectivity index (χ3n) is 11.0. The van der Waals surface area contributed by atoms with Crippen LogP contribution in [0.2, 0.25) is 0 Å². The Hall–Kier alpha value is -3.80. The fraction of sp³-hybridized carbons (Fsp3) is 0.500. The van der Waals surface area contributed by atoms with E-state index in [-0.39, 0.29) is 35.1 Å². The van der Waals surface area contributed by atoms with Crippen LogP contribution in [0.5, 0.6) is 0 Å². The molecule has 4 rings (SSSR count). The lowest BCUT2D eigenvalue weighted by Gasteiger charge is -2.30. The molecule has 338 valence electrons. The number of amides is 1. The van der Waals surface area contributed by atoms with Gasteiger partial charge in [-0.2, -0.15) is 38.2 Å². The summed E-state index contributed by atoms with van der Waals surface area (Å²) in [4.78, 5) is 13.7. The zero-order chi connectivity index (χ0) is 45.4. The molecule has 0 fully saturated rings. The molecule has 0 saturated carbocycles. The summed E-state index contributed by atoms with van der Waals surface area (Å²) in [6, 6.07) is 8.50. The van der Waals surface area contributed by atoms with Gasteiger partial charge in [0.2, 0.25) is 11.6 Å². The molecule has 1 amide bonds. The first-order valence-electron chi connectivity index (χ1n) is 19.9. The maximum atomic E-state index is 12.3. The molecule has 61 heavy (non-hydrogen) atoms. The van der Waals surface area contributed by atoms with E-state index in [0.717, 1.165) is 5.70 Å². The van der Waals surface area contributed by atoms with Gasteiger partial charge in [0.15, 0.2) is 5.71 Å². The van der Waals surface area contributed by atoms with Crippen molar-refractivity contribution in [3.63, 3.8) is 0 Å². The number of allylic oxidation sites excluding steroid dienone is 6. The van der Waals surface area contributed by atoms with Crippen molar-refractivity contribution in [2.24, 2.45) is 5.73 Å². The average molecular weight is 930 g/mol. The van der Waals surface area contributed by atoms with Crippen LogP contribution in [-0.4, -0.2) is 106 Å². The average Bonchev–Trinajstić information content (AvgIpc) is 3.50. The third kappa shape index (κ3) is 13.4. The topological polar surface area (TPSA) is 279 Å². The zero-order valence-electron chi connectivity index (χ0n) is 34.5. The predicted molar refractivity (Wildman–Crippen MR) is 233 cm³/mol. The van der Waals surface area contributed by atoms with Gasteiger partial charge in [-0.3, -0.25) is 23.0 Å². The van der Waals surface area contributed by atoms with E-state index in [1.54, 1.807) is 30.4 Å². The molecule has 1 atom stereocenters. The smallest absolute Gasteiger partial charge is 0.294 e. The van der Waals surface area contributed by atoms with Crippen molar-refractivity contribution in [3.05, 3.63) is 83.6 Å². The fourth-order valence-corrected chi connectivity index (χ4v) is 10.0. The van der Waals surface area contributed by atoms with Crippen molar-refractivity contribution in [2.45, 2.75) is 99.2 Å². The Morgan fingerprint density at radius 1 is 0.754 bits per heavy atom. The van der Waals surface area contributed by atoms with E-state index in [4.69, 9.17) is 5.73 Å². The van der Waals surface area contributed by atoms with E-state index in [1.807, 2.05) is 36.3 Å². The molecule has 0 aromatic heterocycles. The highest BCUT2D eigenvalue weighted by Crippen LogP contribution is 2.51. The summed E-state index contributed by atoms with van der Waals surface area (Å²) in [5.74, 6) is -1.03. The van der Waals surface area contributed by atoms with Crippen LogP contribution in [0.25, 0.3) is 0 Å². The van der Waals surface area contributed by atoms with Gasteiger partial charge < -0.3 is 16.0 Å². The number of hydrogen-bond acceptors (Lipinski definition) is 11. The number of carbonyl (C=O) groups excluding carboxylic acids is 1. The van der Waals surface area contributed by atoms with Gasteiger partial charge in [0.25, 0.3) is 40.5 Å². The molecule has 2 aromatic carbocycles. The van der Waals surface area contributed by atoms with Crippen molar-refractivity contribution in [2.75, 3.05) is 42.6 Å². The molecule has 21 heteroatoms. The normalized spacial score (nSPS) is 18.8. The van der Waals surface area contributed by atoms with Crippen molar-refractivity contribution in [3.8, 4) is 0 Å². The minimum atomic E-state index is -4.59. The van der Waals surface area contributed by atoms with Crippen LogP contribution in [0.15, 0.2) is 82.3 Å². The minimum Gasteiger partial charge on any atom is -0.356 e. The highest BCUT2D eigenvalue weighted by molar-refractivity contribution is 7.86. The molecule has 1 unspecified atom stereocenters. The Morgan fingerprint density at radius 2 is 1.38 bits per heavy atom. The fourth-order valence-electron chi connectivity index (χ4n) is 7.93. The van der Waals surface area contributed by atoms with Crippen LogP contribution in [0, 0.1) is 0 Å². The number of hydrogen-bond donors (Lipinski definition) is 6. The molecule has 2 heterocycles. The van der Waals surface area contributed by atoms with Gasteiger partial charge in [0.1, 0.15) is 6.54 Å². The third-order valence-corrected chi connectivity index (χ3v) is 14.3. The maximum Gasteiger partial charge on any atom is 0.294 e. The van der Waals surface area contributed by atoms with E-state index in [0.29, 0.717) is 92.8 Å². The number of unbranched alkanes of at least 4 members (excludes halogenated alkanes) is 3. The number of anilines is 1. The first kappa shape index (κ1) is 49.9. The molecule has 2 aliphatic heterocycles. The van der Waals surface area contributed by atoms with Gasteiger partial charge in [0, 0.05) is 60.4 Å². The Balaban J connectivity index is 1.72. The van der Waals surface area contributed by atoms with E-state index >= 15 is 0 Å². The Labute approximate surface area is 359 Å². The summed E-state index contributed by atoms with van der Waals surface area (Å²) in [5, 5.41) is 2.84. The number of nitrogens with one attached hydrogen (secondary N) is 1. The van der Waals surface area contributed by atoms with Gasteiger partial charge in [-0.1, -0.05) is 31.1 Å². The quantitative estimate of drug-likeness (QED) is 0.0382. The standard InChI is InChI=1S/C40H56N4O13S4/c1-39(2)32-28-30(60(52,53)54)17-19-34(32)43(25-13-27-59(49,50)51)36(39)14-6-4-7-15-37-40(3,21-9-11-26-58(46,47)48)33-29-31(61(55,56)57)18-20-35(33)44(37)24-10-5-8-16-38(45)42-23-12-22-41/h4,6-7,14-15,17-20,28-29H,5,8-13,16,21-27,41H2,1-3H3,(H4-,42,45,46,47,48,49,50,51,52,53,54,55,56,57)/p+1. The van der Waals surface area contributed by atoms with Crippen LogP contribution in [-0.2, 0) is 56.1 Å². The summed E-state index contributed by atoms with van der Waals surface area (Å²) in [7, 11) is -17.6. The molecule has 0 aliphatic carbocycles. The molecule has 7 N–H and O–H groups in total. The molecule has 0 radical (unpaired) electrons. The van der Waals surface area contributed by atoms with Crippen molar-refractivity contribution in [1.29, 1.82) is 0 Å². The van der Waals surface area contributed by atoms with Crippen LogP contribution in [0.1, 0.15) is 89.7 Å². The highest BCUT2D eigenvalue weighted by atomic mass is 32.2. The molecular formula is C40H57N4O13S4+. The molecule has 0 saturated heterocycles. The lowest BCUT2D eigenvalue weighted by molar-refractivity contribution is -0.437. The zero-order valence-corrected chi connectivity index (χ0v) is 37.8. The number of nitrogens with zero attached hydrogens (tertiary/aromatic N) is 2. The van der Waals surface area contributed by atoms with E-state index in [1.165, 1.54) is 30.3 Å². The van der Waals surface area contributed by atoms with Gasteiger partial charge in [-0.25, -0.2) is 0 Å².